The van der Waals surface area contributed by atoms with Gasteiger partial charge in [0.25, 0.3) is 0 Å². The van der Waals surface area contributed by atoms with Gasteiger partial charge in [-0.15, -0.1) is 0 Å². The second kappa shape index (κ2) is 4.38. The van der Waals surface area contributed by atoms with Gasteiger partial charge in [-0.05, 0) is 25.3 Å². The van der Waals surface area contributed by atoms with Crippen molar-refractivity contribution in [2.45, 2.75) is 37.7 Å². The number of ketones is 1. The van der Waals surface area contributed by atoms with Crippen molar-refractivity contribution < 1.29 is 9.90 Å². The molecule has 0 saturated heterocycles. The molecule has 85 valence electrons. The highest BCUT2D eigenvalue weighted by Gasteiger charge is 2.37. The predicted octanol–water partition coefficient (Wildman–Crippen LogP) is 2.75. The van der Waals surface area contributed by atoms with Gasteiger partial charge in [-0.2, -0.15) is 0 Å². The highest BCUT2D eigenvalue weighted by molar-refractivity contribution is 6.02. The zero-order valence-electron chi connectivity index (χ0n) is 9.41. The summed E-state index contributed by atoms with van der Waals surface area (Å²) in [6, 6.07) is 7.10. The number of carbonyl (C=O) groups excluding carboxylic acids is 1. The molecule has 1 saturated carbocycles. The molecule has 1 N–H and O–H groups in total. The fraction of sp³-hybridized carbons (Fsp3) is 0.429. The molecule has 1 aliphatic rings. The van der Waals surface area contributed by atoms with Crippen molar-refractivity contribution in [3.8, 4) is 0 Å². The quantitative estimate of drug-likeness (QED) is 0.773. The second-order valence-electron chi connectivity index (χ2n) is 4.62. The monoisotopic (exact) mass is 217 g/mol. The van der Waals surface area contributed by atoms with Crippen molar-refractivity contribution in [1.82, 2.24) is 0 Å². The largest absolute Gasteiger partial charge is 0.382 e. The first-order valence-corrected chi connectivity index (χ1v) is 5.81. The van der Waals surface area contributed by atoms with Gasteiger partial charge in [0.1, 0.15) is 5.60 Å². The molecule has 1 aromatic carbocycles. The van der Waals surface area contributed by atoms with Crippen molar-refractivity contribution in [2.24, 2.45) is 0 Å². The summed E-state index contributed by atoms with van der Waals surface area (Å²) in [5.74, 6) is -0.132. The summed E-state index contributed by atoms with van der Waals surface area (Å²) >= 11 is 0. The van der Waals surface area contributed by atoms with Crippen molar-refractivity contribution >= 4 is 5.78 Å². The number of hydrogen-bond donors (Lipinski definition) is 1. The lowest BCUT2D eigenvalue weighted by molar-refractivity contribution is 0.0116. The Bertz CT molecular complexity index is 372. The molecule has 16 heavy (non-hydrogen) atoms. The van der Waals surface area contributed by atoms with E-state index in [1.165, 1.54) is 0 Å². The first-order chi connectivity index (χ1) is 7.62. The maximum atomic E-state index is 12.2. The van der Waals surface area contributed by atoms with Gasteiger partial charge in [0.15, 0.2) is 5.78 Å². The molecule has 0 amide bonds. The summed E-state index contributed by atoms with van der Waals surface area (Å²) < 4.78 is 0. The van der Waals surface area contributed by atoms with E-state index in [9.17, 15) is 9.90 Å². The van der Waals surface area contributed by atoms with Gasteiger partial charge in [0.2, 0.25) is 0 Å². The molecule has 2 rings (SSSR count). The molecule has 0 aromatic heterocycles. The summed E-state index contributed by atoms with van der Waals surface area (Å²) in [6.45, 7) is 3.78. The average Bonchev–Trinajstić information content (AvgIpc) is 2.30. The molecule has 2 nitrogen and oxygen atoms in total. The number of rotatable bonds is 2. The molecule has 0 atom stereocenters. The Morgan fingerprint density at radius 1 is 1.12 bits per heavy atom. The number of carbonyl (C=O) groups is 1. The lowest BCUT2D eigenvalue weighted by atomic mass is 9.79. The predicted molar refractivity (Wildman–Crippen MR) is 63.3 cm³/mol. The Kier molecular flexibility index (Phi) is 3.10. The van der Waals surface area contributed by atoms with Crippen LogP contribution in [0.1, 0.15) is 48.0 Å². The van der Waals surface area contributed by atoms with Gasteiger partial charge in [0, 0.05) is 5.56 Å². The summed E-state index contributed by atoms with van der Waals surface area (Å²) in [5.41, 5.74) is 0.352. The fourth-order valence-corrected chi connectivity index (χ4v) is 2.29. The van der Waals surface area contributed by atoms with Crippen LogP contribution in [0.15, 0.2) is 24.3 Å². The maximum Gasteiger partial charge on any atom is 0.194 e. The summed E-state index contributed by atoms with van der Waals surface area (Å²) in [6.07, 6.45) is 4.19. The van der Waals surface area contributed by atoms with Gasteiger partial charge in [0.05, 0.1) is 0 Å². The molecule has 1 fully saturated rings. The molecule has 0 bridgehead atoms. The number of Topliss-reactive ketones (excluding diaryl/α,β-unsaturated/α-hetero) is 1. The molecular weight excluding hydrogens is 200 g/mol. The molecule has 0 aliphatic heterocycles. The van der Waals surface area contributed by atoms with Crippen molar-refractivity contribution in [2.75, 3.05) is 0 Å². The van der Waals surface area contributed by atoms with Crippen LogP contribution in [0.5, 0.6) is 0 Å². The topological polar surface area (TPSA) is 37.3 Å². The van der Waals surface area contributed by atoms with Gasteiger partial charge in [-0.1, -0.05) is 43.5 Å². The highest BCUT2D eigenvalue weighted by atomic mass is 16.3. The minimum Gasteiger partial charge on any atom is -0.382 e. The molecule has 0 unspecified atom stereocenters. The van der Waals surface area contributed by atoms with Crippen molar-refractivity contribution in [3.05, 3.63) is 42.3 Å². The molecule has 2 heteroatoms. The van der Waals surface area contributed by atoms with E-state index in [-0.39, 0.29) is 5.78 Å². The van der Waals surface area contributed by atoms with Crippen molar-refractivity contribution in [1.29, 1.82) is 0 Å². The van der Waals surface area contributed by atoms with Crippen LogP contribution in [0, 0.1) is 6.92 Å². The lowest BCUT2D eigenvalue weighted by Crippen LogP contribution is -2.40. The van der Waals surface area contributed by atoms with Crippen LogP contribution < -0.4 is 0 Å². The van der Waals surface area contributed by atoms with Gasteiger partial charge >= 0.3 is 0 Å². The Labute approximate surface area is 96.3 Å². The normalized spacial score (nSPS) is 19.4. The fourth-order valence-electron chi connectivity index (χ4n) is 2.29. The van der Waals surface area contributed by atoms with Crippen LogP contribution in [-0.2, 0) is 0 Å². The summed E-state index contributed by atoms with van der Waals surface area (Å²) in [4.78, 5) is 12.2. The Balaban J connectivity index is 2.20. The van der Waals surface area contributed by atoms with E-state index < -0.39 is 5.60 Å². The second-order valence-corrected chi connectivity index (χ2v) is 4.62. The van der Waals surface area contributed by atoms with Crippen LogP contribution in [0.25, 0.3) is 0 Å². The first-order valence-electron chi connectivity index (χ1n) is 5.81. The Morgan fingerprint density at radius 2 is 1.69 bits per heavy atom. The smallest absolute Gasteiger partial charge is 0.194 e. The third kappa shape index (κ3) is 2.17. The molecule has 0 spiro atoms. The first kappa shape index (κ1) is 11.3. The third-order valence-corrected chi connectivity index (χ3v) is 3.32. The van der Waals surface area contributed by atoms with Crippen LogP contribution in [0.4, 0.5) is 0 Å². The van der Waals surface area contributed by atoms with Crippen molar-refractivity contribution in [3.63, 3.8) is 0 Å². The van der Waals surface area contributed by atoms with Crippen LogP contribution in [0.3, 0.4) is 0 Å². The SMILES string of the molecule is [CH2]c1ccc(C(=O)C2(O)CCCCC2)cc1. The van der Waals surface area contributed by atoms with E-state index in [2.05, 4.69) is 6.92 Å². The molecule has 0 heterocycles. The minimum atomic E-state index is -1.12. The van der Waals surface area contributed by atoms with Crippen LogP contribution >= 0.6 is 0 Å². The zero-order chi connectivity index (χ0) is 11.6. The van der Waals surface area contributed by atoms with E-state index >= 15 is 0 Å². The van der Waals surface area contributed by atoms with Gasteiger partial charge in [-0.3, -0.25) is 4.79 Å². The molecule has 1 aliphatic carbocycles. The Hall–Kier alpha value is -1.15. The number of aliphatic hydroxyl groups is 1. The van der Waals surface area contributed by atoms with E-state index in [0.29, 0.717) is 18.4 Å². The summed E-state index contributed by atoms with van der Waals surface area (Å²) in [5, 5.41) is 10.3. The molecule has 1 radical (unpaired) electrons. The third-order valence-electron chi connectivity index (χ3n) is 3.32. The van der Waals surface area contributed by atoms with E-state index in [0.717, 1.165) is 24.8 Å². The van der Waals surface area contributed by atoms with E-state index in [4.69, 9.17) is 0 Å². The van der Waals surface area contributed by atoms with Crippen LogP contribution in [0.2, 0.25) is 0 Å². The van der Waals surface area contributed by atoms with Crippen LogP contribution in [-0.4, -0.2) is 16.5 Å². The van der Waals surface area contributed by atoms with Gasteiger partial charge in [-0.25, -0.2) is 0 Å². The molecule has 1 aromatic rings. The Morgan fingerprint density at radius 3 is 2.25 bits per heavy atom. The van der Waals surface area contributed by atoms with E-state index in [1.807, 2.05) is 0 Å². The zero-order valence-corrected chi connectivity index (χ0v) is 9.41. The van der Waals surface area contributed by atoms with E-state index in [1.54, 1.807) is 24.3 Å². The average molecular weight is 217 g/mol. The maximum absolute atomic E-state index is 12.2. The number of hydrogen-bond acceptors (Lipinski definition) is 2. The minimum absolute atomic E-state index is 0.132. The molecular formula is C14H17O2. The lowest BCUT2D eigenvalue weighted by Gasteiger charge is -2.30. The number of benzene rings is 1. The highest BCUT2D eigenvalue weighted by Crippen LogP contribution is 2.31. The summed E-state index contributed by atoms with van der Waals surface area (Å²) in [7, 11) is 0. The van der Waals surface area contributed by atoms with Gasteiger partial charge < -0.3 is 5.11 Å². The standard InChI is InChI=1S/C14H17O2/c1-11-5-7-12(8-6-11)13(15)14(16)9-3-2-4-10-14/h5-8,16H,1-4,9-10H2.